The van der Waals surface area contributed by atoms with Crippen LogP contribution in [-0.4, -0.2) is 21.8 Å². The summed E-state index contributed by atoms with van der Waals surface area (Å²) in [5.41, 5.74) is 3.36. The second-order valence-electron chi connectivity index (χ2n) is 4.94. The molecular formula is C15H21N3O. The van der Waals surface area contributed by atoms with Gasteiger partial charge >= 0.3 is 0 Å². The summed E-state index contributed by atoms with van der Waals surface area (Å²) >= 11 is 0. The maximum atomic E-state index is 12.2. The number of hydrogen-bond donors (Lipinski definition) is 1. The highest BCUT2D eigenvalue weighted by atomic mass is 16.1. The van der Waals surface area contributed by atoms with E-state index >= 15 is 0 Å². The van der Waals surface area contributed by atoms with Crippen molar-refractivity contribution >= 4 is 11.6 Å². The first-order chi connectivity index (χ1) is 9.13. The highest BCUT2D eigenvalue weighted by Crippen LogP contribution is 2.13. The molecular weight excluding hydrogens is 238 g/mol. The zero-order chi connectivity index (χ0) is 13.8. The molecule has 1 N–H and O–H groups in total. The van der Waals surface area contributed by atoms with Gasteiger partial charge in [-0.2, -0.15) is 0 Å². The van der Waals surface area contributed by atoms with Crippen molar-refractivity contribution in [2.45, 2.75) is 40.0 Å². The Labute approximate surface area is 113 Å². The Balaban J connectivity index is 2.21. The van der Waals surface area contributed by atoms with Crippen LogP contribution in [0.2, 0.25) is 0 Å². The number of aryl methyl sites for hydroxylation is 2. The van der Waals surface area contributed by atoms with Crippen LogP contribution in [0.25, 0.3) is 5.65 Å². The molecule has 0 fully saturated rings. The number of pyridine rings is 1. The van der Waals surface area contributed by atoms with E-state index in [0.29, 0.717) is 5.69 Å². The highest BCUT2D eigenvalue weighted by Gasteiger charge is 2.15. The zero-order valence-corrected chi connectivity index (χ0v) is 11.9. The number of hydrogen-bond acceptors (Lipinski definition) is 2. The fourth-order valence-corrected chi connectivity index (χ4v) is 2.20. The smallest absolute Gasteiger partial charge is 0.270 e. The molecule has 0 aliphatic heterocycles. The van der Waals surface area contributed by atoms with Crippen molar-refractivity contribution in [1.29, 1.82) is 0 Å². The van der Waals surface area contributed by atoms with Crippen LogP contribution in [0.15, 0.2) is 18.3 Å². The Kier molecular flexibility index (Phi) is 4.20. The summed E-state index contributed by atoms with van der Waals surface area (Å²) in [6, 6.07) is 3.95. The number of imidazole rings is 1. The van der Waals surface area contributed by atoms with Crippen LogP contribution in [-0.2, 0) is 0 Å². The predicted molar refractivity (Wildman–Crippen MR) is 76.5 cm³/mol. The van der Waals surface area contributed by atoms with Gasteiger partial charge in [-0.3, -0.25) is 9.20 Å². The standard InChI is InChI=1S/C15H21N3O/c1-4-5-6-9-16-15(19)14-12(3)17-13-8-7-11(2)10-18(13)14/h7-8,10H,4-6,9H2,1-3H3,(H,16,19). The van der Waals surface area contributed by atoms with Crippen molar-refractivity contribution in [3.63, 3.8) is 0 Å². The Morgan fingerprint density at radius 2 is 2.11 bits per heavy atom. The number of carbonyl (C=O) groups excluding carboxylic acids is 1. The van der Waals surface area contributed by atoms with E-state index in [9.17, 15) is 4.79 Å². The van der Waals surface area contributed by atoms with Crippen LogP contribution >= 0.6 is 0 Å². The van der Waals surface area contributed by atoms with E-state index < -0.39 is 0 Å². The molecule has 2 aromatic heterocycles. The van der Waals surface area contributed by atoms with E-state index in [1.807, 2.05) is 36.6 Å². The van der Waals surface area contributed by atoms with Crippen LogP contribution in [0.1, 0.15) is 47.9 Å². The number of nitrogens with zero attached hydrogens (tertiary/aromatic N) is 2. The monoisotopic (exact) mass is 259 g/mol. The second kappa shape index (κ2) is 5.87. The van der Waals surface area contributed by atoms with Crippen molar-refractivity contribution in [2.75, 3.05) is 6.54 Å². The Morgan fingerprint density at radius 1 is 1.32 bits per heavy atom. The molecule has 19 heavy (non-hydrogen) atoms. The molecule has 0 aliphatic rings. The van der Waals surface area contributed by atoms with E-state index in [-0.39, 0.29) is 5.91 Å². The third kappa shape index (κ3) is 2.95. The van der Waals surface area contributed by atoms with Gasteiger partial charge in [-0.1, -0.05) is 25.8 Å². The van der Waals surface area contributed by atoms with E-state index in [1.165, 1.54) is 0 Å². The number of aromatic nitrogens is 2. The van der Waals surface area contributed by atoms with Crippen LogP contribution in [0.5, 0.6) is 0 Å². The maximum absolute atomic E-state index is 12.2. The van der Waals surface area contributed by atoms with Gasteiger partial charge in [-0.15, -0.1) is 0 Å². The molecule has 0 unspecified atom stereocenters. The molecule has 0 atom stereocenters. The maximum Gasteiger partial charge on any atom is 0.270 e. The Hall–Kier alpha value is -1.84. The second-order valence-corrected chi connectivity index (χ2v) is 4.94. The minimum atomic E-state index is -0.0355. The third-order valence-electron chi connectivity index (χ3n) is 3.22. The lowest BCUT2D eigenvalue weighted by Gasteiger charge is -2.06. The van der Waals surface area contributed by atoms with Gasteiger partial charge in [0.05, 0.1) is 5.69 Å². The average Bonchev–Trinajstić information content (AvgIpc) is 2.70. The molecule has 2 aromatic rings. The summed E-state index contributed by atoms with van der Waals surface area (Å²) in [6.45, 7) is 6.77. The number of amides is 1. The van der Waals surface area contributed by atoms with Gasteiger partial charge in [0.25, 0.3) is 5.91 Å². The number of carbonyl (C=O) groups is 1. The fraction of sp³-hybridized carbons (Fsp3) is 0.467. The molecule has 4 nitrogen and oxygen atoms in total. The summed E-state index contributed by atoms with van der Waals surface area (Å²) < 4.78 is 1.87. The molecule has 0 radical (unpaired) electrons. The van der Waals surface area contributed by atoms with Crippen molar-refractivity contribution < 1.29 is 4.79 Å². The van der Waals surface area contributed by atoms with Crippen molar-refractivity contribution in [3.8, 4) is 0 Å². The summed E-state index contributed by atoms with van der Waals surface area (Å²) in [6.07, 6.45) is 5.28. The number of nitrogens with one attached hydrogen (secondary N) is 1. The third-order valence-corrected chi connectivity index (χ3v) is 3.22. The van der Waals surface area contributed by atoms with Gasteiger partial charge in [0.2, 0.25) is 0 Å². The molecule has 0 bridgehead atoms. The van der Waals surface area contributed by atoms with E-state index in [2.05, 4.69) is 17.2 Å². The van der Waals surface area contributed by atoms with Crippen LogP contribution in [0.3, 0.4) is 0 Å². The van der Waals surface area contributed by atoms with Gasteiger partial charge in [0.1, 0.15) is 11.3 Å². The van der Waals surface area contributed by atoms with E-state index in [4.69, 9.17) is 0 Å². The number of unbranched alkanes of at least 4 members (excludes halogenated alkanes) is 2. The van der Waals surface area contributed by atoms with Gasteiger partial charge in [-0.25, -0.2) is 4.98 Å². The summed E-state index contributed by atoms with van der Waals surface area (Å²) in [5.74, 6) is -0.0355. The van der Waals surface area contributed by atoms with Crippen LogP contribution in [0, 0.1) is 13.8 Å². The minimum Gasteiger partial charge on any atom is -0.351 e. The van der Waals surface area contributed by atoms with Crippen molar-refractivity contribution in [2.24, 2.45) is 0 Å². The van der Waals surface area contributed by atoms with E-state index in [0.717, 1.165) is 42.7 Å². The first kappa shape index (κ1) is 13.6. The molecule has 102 valence electrons. The molecule has 0 saturated heterocycles. The average molecular weight is 259 g/mol. The molecule has 2 rings (SSSR count). The summed E-state index contributed by atoms with van der Waals surface area (Å²) in [7, 11) is 0. The molecule has 4 heteroatoms. The summed E-state index contributed by atoms with van der Waals surface area (Å²) in [4.78, 5) is 16.7. The number of fused-ring (bicyclic) bond motifs is 1. The van der Waals surface area contributed by atoms with Gasteiger partial charge in [0, 0.05) is 12.7 Å². The largest absolute Gasteiger partial charge is 0.351 e. The number of rotatable bonds is 5. The topological polar surface area (TPSA) is 46.4 Å². The van der Waals surface area contributed by atoms with Gasteiger partial charge in [-0.05, 0) is 31.9 Å². The van der Waals surface area contributed by atoms with Crippen molar-refractivity contribution in [1.82, 2.24) is 14.7 Å². The van der Waals surface area contributed by atoms with Gasteiger partial charge < -0.3 is 5.32 Å². The zero-order valence-electron chi connectivity index (χ0n) is 11.9. The first-order valence-corrected chi connectivity index (χ1v) is 6.87. The van der Waals surface area contributed by atoms with Crippen molar-refractivity contribution in [3.05, 3.63) is 35.3 Å². The lowest BCUT2D eigenvalue weighted by Crippen LogP contribution is -2.26. The Bertz CT molecular complexity index is 586. The lowest BCUT2D eigenvalue weighted by atomic mass is 10.2. The summed E-state index contributed by atoms with van der Waals surface area (Å²) in [5, 5.41) is 2.97. The lowest BCUT2D eigenvalue weighted by molar-refractivity contribution is 0.0946. The molecule has 0 aliphatic carbocycles. The van der Waals surface area contributed by atoms with Crippen LogP contribution < -0.4 is 5.32 Å². The predicted octanol–water partition coefficient (Wildman–Crippen LogP) is 2.87. The molecule has 0 saturated carbocycles. The fourth-order valence-electron chi connectivity index (χ4n) is 2.20. The highest BCUT2D eigenvalue weighted by molar-refractivity contribution is 5.94. The molecule has 0 spiro atoms. The molecule has 0 aromatic carbocycles. The Morgan fingerprint density at radius 3 is 2.84 bits per heavy atom. The normalized spacial score (nSPS) is 10.9. The first-order valence-electron chi connectivity index (χ1n) is 6.87. The SMILES string of the molecule is CCCCCNC(=O)c1c(C)nc2ccc(C)cn12. The van der Waals surface area contributed by atoms with Gasteiger partial charge in [0.15, 0.2) is 0 Å². The molecule has 1 amide bonds. The molecule has 2 heterocycles. The van der Waals surface area contributed by atoms with E-state index in [1.54, 1.807) is 0 Å². The quantitative estimate of drug-likeness (QED) is 0.839. The van der Waals surface area contributed by atoms with Crippen LogP contribution in [0.4, 0.5) is 0 Å². The minimum absolute atomic E-state index is 0.0355.